The third kappa shape index (κ3) is 7.97. The average Bonchev–Trinajstić information content (AvgIpc) is 2.81. The number of sulfonamides is 1. The van der Waals surface area contributed by atoms with E-state index < -0.39 is 15.9 Å². The number of primary sulfonamides is 1. The quantitative estimate of drug-likeness (QED) is 0.373. The molecule has 1 aromatic carbocycles. The third-order valence-corrected chi connectivity index (χ3v) is 6.36. The molecular formula is C21H30ClN7O4S. The summed E-state index contributed by atoms with van der Waals surface area (Å²) in [5.74, 6) is 0.346. The average molecular weight is 512 g/mol. The molecule has 0 spiro atoms. The highest BCUT2D eigenvalue weighted by Gasteiger charge is 2.20. The lowest BCUT2D eigenvalue weighted by Gasteiger charge is -2.36. The van der Waals surface area contributed by atoms with E-state index in [0.717, 1.165) is 50.6 Å². The van der Waals surface area contributed by atoms with Crippen molar-refractivity contribution >= 4 is 39.2 Å². The summed E-state index contributed by atoms with van der Waals surface area (Å²) in [7, 11) is -1.97. The number of halogens is 1. The molecule has 2 aromatic rings. The lowest BCUT2D eigenvalue weighted by atomic mass is 10.2. The summed E-state index contributed by atoms with van der Waals surface area (Å²) in [4.78, 5) is 25.1. The summed E-state index contributed by atoms with van der Waals surface area (Å²) in [6.45, 7) is 5.12. The van der Waals surface area contributed by atoms with Crippen molar-refractivity contribution in [2.45, 2.75) is 6.42 Å². The maximum atomic E-state index is 12.1. The number of ether oxygens (including phenoxy) is 1. The first-order chi connectivity index (χ1) is 16.2. The summed E-state index contributed by atoms with van der Waals surface area (Å²) in [6, 6.07) is 7.12. The maximum absolute atomic E-state index is 12.1. The highest BCUT2D eigenvalue weighted by atomic mass is 35.5. The number of nitrogens with two attached hydrogens (primary N) is 1. The molecule has 0 bridgehead atoms. The second kappa shape index (κ2) is 12.2. The normalized spacial score (nSPS) is 14.6. The van der Waals surface area contributed by atoms with Gasteiger partial charge < -0.3 is 20.3 Å². The minimum atomic E-state index is -3.63. The zero-order chi connectivity index (χ0) is 24.6. The Hall–Kier alpha value is -2.67. The fraction of sp³-hybridized carbons (Fsp3) is 0.476. The van der Waals surface area contributed by atoms with Crippen molar-refractivity contribution < 1.29 is 17.9 Å². The Morgan fingerprint density at radius 3 is 2.68 bits per heavy atom. The van der Waals surface area contributed by atoms with E-state index in [2.05, 4.69) is 30.4 Å². The van der Waals surface area contributed by atoms with Gasteiger partial charge in [-0.25, -0.2) is 23.5 Å². The number of aromatic nitrogens is 2. The van der Waals surface area contributed by atoms with Crippen LogP contribution in [0.2, 0.25) is 5.02 Å². The topological polar surface area (TPSA) is 143 Å². The van der Waals surface area contributed by atoms with E-state index in [1.807, 2.05) is 18.2 Å². The molecule has 34 heavy (non-hydrogen) atoms. The van der Waals surface area contributed by atoms with Crippen LogP contribution in [0.5, 0.6) is 5.75 Å². The molecule has 0 unspecified atom stereocenters. The highest BCUT2D eigenvalue weighted by molar-refractivity contribution is 7.89. The molecule has 0 saturated carbocycles. The molecular weight excluding hydrogens is 482 g/mol. The lowest BCUT2D eigenvalue weighted by Crippen LogP contribution is -2.47. The van der Waals surface area contributed by atoms with Crippen molar-refractivity contribution in [1.82, 2.24) is 20.2 Å². The summed E-state index contributed by atoms with van der Waals surface area (Å²) in [6.07, 6.45) is 2.36. The Bertz CT molecular complexity index is 1080. The van der Waals surface area contributed by atoms with Crippen molar-refractivity contribution in [3.05, 3.63) is 41.2 Å². The van der Waals surface area contributed by atoms with Crippen molar-refractivity contribution in [2.75, 3.05) is 68.9 Å². The molecule has 1 aromatic heterocycles. The van der Waals surface area contributed by atoms with Crippen molar-refractivity contribution in [2.24, 2.45) is 5.14 Å². The molecule has 186 valence electrons. The highest BCUT2D eigenvalue weighted by Crippen LogP contribution is 2.31. The van der Waals surface area contributed by atoms with E-state index in [4.69, 9.17) is 21.5 Å². The van der Waals surface area contributed by atoms with E-state index >= 15 is 0 Å². The first-order valence-corrected chi connectivity index (χ1v) is 13.0. The van der Waals surface area contributed by atoms with Crippen molar-refractivity contribution in [1.29, 1.82) is 0 Å². The van der Waals surface area contributed by atoms with E-state index in [1.165, 1.54) is 12.3 Å². The van der Waals surface area contributed by atoms with Crippen LogP contribution in [0, 0.1) is 0 Å². The fourth-order valence-corrected chi connectivity index (χ4v) is 4.15. The number of carbonyl (C=O) groups excluding carboxylic acids is 1. The molecule has 0 atom stereocenters. The van der Waals surface area contributed by atoms with Gasteiger partial charge in [-0.15, -0.1) is 0 Å². The molecule has 1 aliphatic rings. The van der Waals surface area contributed by atoms with Crippen molar-refractivity contribution in [3.8, 4) is 5.75 Å². The van der Waals surface area contributed by atoms with Gasteiger partial charge in [0.15, 0.2) is 0 Å². The Morgan fingerprint density at radius 1 is 1.21 bits per heavy atom. The number of piperazine rings is 1. The van der Waals surface area contributed by atoms with Gasteiger partial charge in [-0.05, 0) is 37.2 Å². The van der Waals surface area contributed by atoms with Gasteiger partial charge in [-0.3, -0.25) is 9.69 Å². The molecule has 4 N–H and O–H groups in total. The number of anilines is 2. The van der Waals surface area contributed by atoms with Crippen LogP contribution in [0.1, 0.15) is 16.9 Å². The first kappa shape index (κ1) is 25.9. The monoisotopic (exact) mass is 511 g/mol. The zero-order valence-corrected chi connectivity index (χ0v) is 20.6. The van der Waals surface area contributed by atoms with Crippen molar-refractivity contribution in [3.63, 3.8) is 0 Å². The fourth-order valence-electron chi connectivity index (χ4n) is 3.59. The molecule has 11 nitrogen and oxygen atoms in total. The SMILES string of the molecule is COc1ccc(Cl)cc1N1CCN(CCCNc2nccc(C(=O)NCCS(N)(=O)=O)n2)CC1. The Morgan fingerprint density at radius 2 is 1.97 bits per heavy atom. The molecule has 1 saturated heterocycles. The minimum absolute atomic E-state index is 0.0816. The van der Waals surface area contributed by atoms with Crippen LogP contribution < -0.4 is 25.4 Å². The second-order valence-electron chi connectivity index (χ2n) is 7.81. The van der Waals surface area contributed by atoms with Crippen LogP contribution in [0.15, 0.2) is 30.5 Å². The van der Waals surface area contributed by atoms with E-state index in [0.29, 0.717) is 17.5 Å². The first-order valence-electron chi connectivity index (χ1n) is 10.9. The van der Waals surface area contributed by atoms with Crippen LogP contribution in [0.25, 0.3) is 0 Å². The molecule has 2 heterocycles. The molecule has 13 heteroatoms. The van der Waals surface area contributed by atoms with Crippen LogP contribution in [-0.4, -0.2) is 87.9 Å². The summed E-state index contributed by atoms with van der Waals surface area (Å²) >= 11 is 6.16. The van der Waals surface area contributed by atoms with Crippen LogP contribution >= 0.6 is 11.6 Å². The molecule has 1 aliphatic heterocycles. The van der Waals surface area contributed by atoms with Gasteiger partial charge in [0.25, 0.3) is 5.91 Å². The zero-order valence-electron chi connectivity index (χ0n) is 19.0. The molecule has 0 aliphatic carbocycles. The van der Waals surface area contributed by atoms with Gasteiger partial charge in [-0.1, -0.05) is 11.6 Å². The number of amides is 1. The predicted octanol–water partition coefficient (Wildman–Crippen LogP) is 0.781. The van der Waals surface area contributed by atoms with Crippen LogP contribution in [-0.2, 0) is 10.0 Å². The van der Waals surface area contributed by atoms with Gasteiger partial charge in [0.2, 0.25) is 16.0 Å². The maximum Gasteiger partial charge on any atom is 0.270 e. The summed E-state index contributed by atoms with van der Waals surface area (Å²) in [5, 5.41) is 11.2. The van der Waals surface area contributed by atoms with E-state index in [-0.39, 0.29) is 18.0 Å². The number of methoxy groups -OCH3 is 1. The third-order valence-electron chi connectivity index (χ3n) is 5.35. The Labute approximate surface area is 204 Å². The molecule has 1 amide bonds. The number of benzene rings is 1. The number of nitrogens with zero attached hydrogens (tertiary/aromatic N) is 4. The predicted molar refractivity (Wildman–Crippen MR) is 132 cm³/mol. The Balaban J connectivity index is 1.39. The van der Waals surface area contributed by atoms with Crippen LogP contribution in [0.3, 0.4) is 0 Å². The second-order valence-corrected chi connectivity index (χ2v) is 9.98. The molecule has 1 fully saturated rings. The lowest BCUT2D eigenvalue weighted by molar-refractivity contribution is 0.0951. The smallest absolute Gasteiger partial charge is 0.270 e. The summed E-state index contributed by atoms with van der Waals surface area (Å²) < 4.78 is 27.4. The largest absolute Gasteiger partial charge is 0.495 e. The van der Waals surface area contributed by atoms with E-state index in [9.17, 15) is 13.2 Å². The number of hydrogen-bond acceptors (Lipinski definition) is 9. The number of rotatable bonds is 11. The summed E-state index contributed by atoms with van der Waals surface area (Å²) in [5.41, 5.74) is 1.17. The molecule has 0 radical (unpaired) electrons. The number of hydrogen-bond donors (Lipinski definition) is 3. The minimum Gasteiger partial charge on any atom is -0.495 e. The van der Waals surface area contributed by atoms with Gasteiger partial charge in [0.1, 0.15) is 11.4 Å². The Kier molecular flexibility index (Phi) is 9.28. The standard InChI is InChI=1S/C21H30ClN7O4S/c1-33-19-4-3-16(22)15-18(19)29-12-10-28(11-13-29)9-2-6-25-21-26-7-5-17(27-21)20(30)24-8-14-34(23,31)32/h3-5,7,15H,2,6,8-14H2,1H3,(H,24,30)(H2,23,31,32)(H,25,26,27). The number of nitrogens with one attached hydrogen (secondary N) is 2. The van der Waals surface area contributed by atoms with Gasteiger partial charge in [-0.2, -0.15) is 0 Å². The molecule has 3 rings (SSSR count). The van der Waals surface area contributed by atoms with Gasteiger partial charge in [0.05, 0.1) is 18.6 Å². The van der Waals surface area contributed by atoms with Gasteiger partial charge in [0, 0.05) is 50.5 Å². The van der Waals surface area contributed by atoms with Gasteiger partial charge >= 0.3 is 0 Å². The van der Waals surface area contributed by atoms with Crippen LogP contribution in [0.4, 0.5) is 11.6 Å². The number of carbonyl (C=O) groups is 1. The van der Waals surface area contributed by atoms with E-state index in [1.54, 1.807) is 7.11 Å².